The molecule has 1 heterocycles. The molecule has 1 N–H and O–H groups in total. The molecule has 0 spiro atoms. The number of hydrogen-bond acceptors (Lipinski definition) is 2. The van der Waals surface area contributed by atoms with Gasteiger partial charge in [0.2, 0.25) is 0 Å². The molecule has 1 aromatic rings. The lowest BCUT2D eigenvalue weighted by molar-refractivity contribution is 0.144. The molecule has 1 saturated heterocycles. The van der Waals surface area contributed by atoms with Crippen LogP contribution in [0.25, 0.3) is 0 Å². The molecule has 1 aliphatic carbocycles. The third-order valence-electron chi connectivity index (χ3n) is 5.14. The van der Waals surface area contributed by atoms with E-state index in [1.165, 1.54) is 44.3 Å². The van der Waals surface area contributed by atoms with E-state index in [1.807, 2.05) is 0 Å². The summed E-state index contributed by atoms with van der Waals surface area (Å²) in [4.78, 5) is 2.60. The highest BCUT2D eigenvalue weighted by molar-refractivity contribution is 5.22. The van der Waals surface area contributed by atoms with Gasteiger partial charge in [-0.1, -0.05) is 30.3 Å². The number of nitrogens with one attached hydrogen (secondary N) is 1. The van der Waals surface area contributed by atoms with E-state index in [-0.39, 0.29) is 0 Å². The van der Waals surface area contributed by atoms with Gasteiger partial charge in [-0.05, 0) is 64.1 Å². The summed E-state index contributed by atoms with van der Waals surface area (Å²) in [5, 5.41) is 3.89. The second-order valence-electron chi connectivity index (χ2n) is 6.85. The average molecular weight is 272 g/mol. The maximum absolute atomic E-state index is 3.89. The maximum atomic E-state index is 3.89. The molecule has 0 aromatic heterocycles. The van der Waals surface area contributed by atoms with Gasteiger partial charge < -0.3 is 10.2 Å². The third kappa shape index (κ3) is 3.24. The smallest absolute Gasteiger partial charge is 0.00940 e. The highest BCUT2D eigenvalue weighted by atomic mass is 15.2. The van der Waals surface area contributed by atoms with Crippen LogP contribution in [0.4, 0.5) is 0 Å². The normalized spacial score (nSPS) is 28.6. The fourth-order valence-corrected chi connectivity index (χ4v) is 3.67. The molecule has 2 nitrogen and oxygen atoms in total. The van der Waals surface area contributed by atoms with Crippen LogP contribution < -0.4 is 5.32 Å². The molecular weight excluding hydrogens is 244 g/mol. The summed E-state index contributed by atoms with van der Waals surface area (Å²) in [6.07, 6.45) is 5.30. The molecule has 20 heavy (non-hydrogen) atoms. The predicted octanol–water partition coefficient (Wildman–Crippen LogP) is 3.40. The molecule has 3 rings (SSSR count). The van der Waals surface area contributed by atoms with E-state index < -0.39 is 0 Å². The highest BCUT2D eigenvalue weighted by Gasteiger charge is 2.32. The Morgan fingerprint density at radius 2 is 1.65 bits per heavy atom. The minimum Gasteiger partial charge on any atom is -0.311 e. The summed E-state index contributed by atoms with van der Waals surface area (Å²) < 4.78 is 0. The fraction of sp³-hybridized carbons (Fsp3) is 0.667. The molecule has 2 aliphatic rings. The Balaban J connectivity index is 1.40. The second-order valence-corrected chi connectivity index (χ2v) is 6.85. The molecule has 2 fully saturated rings. The molecular formula is C18H28N2. The zero-order valence-electron chi connectivity index (χ0n) is 12.9. The van der Waals surface area contributed by atoms with Gasteiger partial charge in [0.05, 0.1) is 0 Å². The van der Waals surface area contributed by atoms with Crippen LogP contribution in [0.2, 0.25) is 0 Å². The van der Waals surface area contributed by atoms with Gasteiger partial charge in [-0.2, -0.15) is 0 Å². The van der Waals surface area contributed by atoms with Crippen molar-refractivity contribution in [3.05, 3.63) is 35.9 Å². The summed E-state index contributed by atoms with van der Waals surface area (Å²) in [5.74, 6) is 0.796. The summed E-state index contributed by atoms with van der Waals surface area (Å²) in [7, 11) is 0. The minimum atomic E-state index is 0.710. The lowest BCUT2D eigenvalue weighted by Crippen LogP contribution is -2.50. The van der Waals surface area contributed by atoms with Gasteiger partial charge in [-0.25, -0.2) is 0 Å². The van der Waals surface area contributed by atoms with Crippen LogP contribution in [-0.2, 0) is 0 Å². The number of nitrogens with zero attached hydrogens (tertiary/aromatic N) is 1. The SMILES string of the molecule is CC(C)N1CCC(NC2CC(c3ccccc3)C2)CC1. The molecule has 2 heteroatoms. The van der Waals surface area contributed by atoms with Crippen molar-refractivity contribution in [3.63, 3.8) is 0 Å². The first-order chi connectivity index (χ1) is 9.72. The standard InChI is InChI=1S/C18H28N2/c1-14(2)20-10-8-17(9-11-20)19-18-12-16(13-18)15-6-4-3-5-7-15/h3-7,14,16-19H,8-13H2,1-2H3. The Morgan fingerprint density at radius 1 is 1.00 bits per heavy atom. The van der Waals surface area contributed by atoms with Crippen LogP contribution in [0.1, 0.15) is 51.0 Å². The van der Waals surface area contributed by atoms with Gasteiger partial charge in [0.1, 0.15) is 0 Å². The molecule has 0 bridgehead atoms. The number of piperidine rings is 1. The van der Waals surface area contributed by atoms with Crippen molar-refractivity contribution in [1.29, 1.82) is 0 Å². The molecule has 0 unspecified atom stereocenters. The van der Waals surface area contributed by atoms with Crippen molar-refractivity contribution < 1.29 is 0 Å². The van der Waals surface area contributed by atoms with Gasteiger partial charge in [-0.15, -0.1) is 0 Å². The number of likely N-dealkylation sites (tertiary alicyclic amines) is 1. The zero-order chi connectivity index (χ0) is 13.9. The van der Waals surface area contributed by atoms with Crippen LogP contribution in [0.3, 0.4) is 0 Å². The summed E-state index contributed by atoms with van der Waals surface area (Å²) in [5.41, 5.74) is 1.53. The Bertz CT molecular complexity index is 401. The third-order valence-corrected chi connectivity index (χ3v) is 5.14. The van der Waals surface area contributed by atoms with Gasteiger partial charge >= 0.3 is 0 Å². The topological polar surface area (TPSA) is 15.3 Å². The van der Waals surface area contributed by atoms with Crippen molar-refractivity contribution in [2.24, 2.45) is 0 Å². The van der Waals surface area contributed by atoms with Gasteiger partial charge in [0.15, 0.2) is 0 Å². The Morgan fingerprint density at radius 3 is 2.25 bits per heavy atom. The first kappa shape index (κ1) is 14.1. The van der Waals surface area contributed by atoms with E-state index in [0.717, 1.165) is 18.0 Å². The van der Waals surface area contributed by atoms with E-state index in [0.29, 0.717) is 6.04 Å². The van der Waals surface area contributed by atoms with Gasteiger partial charge in [0, 0.05) is 18.1 Å². The fourth-order valence-electron chi connectivity index (χ4n) is 3.67. The maximum Gasteiger partial charge on any atom is 0.00940 e. The van der Waals surface area contributed by atoms with E-state index in [1.54, 1.807) is 0 Å². The van der Waals surface area contributed by atoms with Crippen molar-refractivity contribution in [3.8, 4) is 0 Å². The average Bonchev–Trinajstić information content (AvgIpc) is 2.44. The van der Waals surface area contributed by atoms with Crippen LogP contribution in [-0.4, -0.2) is 36.1 Å². The lowest BCUT2D eigenvalue weighted by Gasteiger charge is -2.42. The summed E-state index contributed by atoms with van der Waals surface area (Å²) >= 11 is 0. The number of hydrogen-bond donors (Lipinski definition) is 1. The molecule has 0 radical (unpaired) electrons. The second kappa shape index (κ2) is 6.28. The van der Waals surface area contributed by atoms with Crippen molar-refractivity contribution >= 4 is 0 Å². The quantitative estimate of drug-likeness (QED) is 0.904. The molecule has 1 aliphatic heterocycles. The van der Waals surface area contributed by atoms with Crippen LogP contribution in [0.15, 0.2) is 30.3 Å². The first-order valence-electron chi connectivity index (χ1n) is 8.27. The zero-order valence-corrected chi connectivity index (χ0v) is 12.9. The number of benzene rings is 1. The van der Waals surface area contributed by atoms with E-state index >= 15 is 0 Å². The van der Waals surface area contributed by atoms with E-state index in [2.05, 4.69) is 54.4 Å². The Kier molecular flexibility index (Phi) is 4.42. The first-order valence-corrected chi connectivity index (χ1v) is 8.27. The molecule has 0 atom stereocenters. The van der Waals surface area contributed by atoms with Crippen LogP contribution in [0, 0.1) is 0 Å². The Hall–Kier alpha value is -0.860. The molecule has 110 valence electrons. The van der Waals surface area contributed by atoms with E-state index in [4.69, 9.17) is 0 Å². The van der Waals surface area contributed by atoms with Crippen LogP contribution in [0.5, 0.6) is 0 Å². The lowest BCUT2D eigenvalue weighted by atomic mass is 9.75. The monoisotopic (exact) mass is 272 g/mol. The van der Waals surface area contributed by atoms with Gasteiger partial charge in [0.25, 0.3) is 0 Å². The van der Waals surface area contributed by atoms with Gasteiger partial charge in [-0.3, -0.25) is 0 Å². The van der Waals surface area contributed by atoms with E-state index in [9.17, 15) is 0 Å². The molecule has 1 aromatic carbocycles. The number of rotatable bonds is 4. The highest BCUT2D eigenvalue weighted by Crippen LogP contribution is 2.37. The predicted molar refractivity (Wildman–Crippen MR) is 85.1 cm³/mol. The molecule has 1 saturated carbocycles. The minimum absolute atomic E-state index is 0.710. The van der Waals surface area contributed by atoms with Crippen molar-refractivity contribution in [1.82, 2.24) is 10.2 Å². The van der Waals surface area contributed by atoms with Crippen molar-refractivity contribution in [2.45, 2.75) is 63.6 Å². The molecule has 0 amide bonds. The largest absolute Gasteiger partial charge is 0.311 e. The van der Waals surface area contributed by atoms with Crippen molar-refractivity contribution in [2.75, 3.05) is 13.1 Å². The van der Waals surface area contributed by atoms with Crippen LogP contribution >= 0.6 is 0 Å². The summed E-state index contributed by atoms with van der Waals surface area (Å²) in [6.45, 7) is 7.16. The Labute approximate surface area is 123 Å². The summed E-state index contributed by atoms with van der Waals surface area (Å²) in [6, 6.07) is 13.2.